The summed E-state index contributed by atoms with van der Waals surface area (Å²) < 4.78 is 44.3. The molecule has 0 aromatic heterocycles. The van der Waals surface area contributed by atoms with Crippen LogP contribution in [0.5, 0.6) is 0 Å². The lowest BCUT2D eigenvalue weighted by atomic mass is 9.84. The average Bonchev–Trinajstić information content (AvgIpc) is 3.32. The minimum atomic E-state index is -1.03. The van der Waals surface area contributed by atoms with Gasteiger partial charge in [0, 0.05) is 0 Å². The van der Waals surface area contributed by atoms with Crippen molar-refractivity contribution in [2.45, 2.75) is 115 Å². The maximum absolute atomic E-state index is 15.0. The normalized spacial score (nSPS) is 18.9. The van der Waals surface area contributed by atoms with E-state index in [9.17, 15) is 9.59 Å². The Kier molecular flexibility index (Phi) is 18.5. The van der Waals surface area contributed by atoms with Gasteiger partial charge in [-0.1, -0.05) is 152 Å². The molecule has 1 aliphatic rings. The maximum Gasteiger partial charge on any atom is 0.410 e. The summed E-state index contributed by atoms with van der Waals surface area (Å²) in [5.41, 5.74) is 3.80. The first-order chi connectivity index (χ1) is 31.6. The first-order valence-electron chi connectivity index (χ1n) is 22.2. The summed E-state index contributed by atoms with van der Waals surface area (Å²) in [4.78, 5) is 42.8. The highest BCUT2D eigenvalue weighted by atomic mass is 16.6. The molecular weight excluding hydrogens is 825 g/mol. The van der Waals surface area contributed by atoms with Crippen molar-refractivity contribution in [1.29, 1.82) is 0 Å². The monoisotopic (exact) mass is 886 g/mol. The van der Waals surface area contributed by atoms with E-state index < -0.39 is 60.2 Å². The van der Waals surface area contributed by atoms with Crippen molar-refractivity contribution < 1.29 is 47.5 Å². The molecule has 1 aliphatic heterocycles. The van der Waals surface area contributed by atoms with Gasteiger partial charge in [-0.3, -0.25) is 4.90 Å². The van der Waals surface area contributed by atoms with Crippen LogP contribution in [0.2, 0.25) is 0 Å². The average molecular weight is 887 g/mol. The summed E-state index contributed by atoms with van der Waals surface area (Å²) in [5, 5.41) is 2.69. The predicted molar refractivity (Wildman–Crippen MR) is 246 cm³/mol. The van der Waals surface area contributed by atoms with Gasteiger partial charge in [0.2, 0.25) is 0 Å². The van der Waals surface area contributed by atoms with Gasteiger partial charge in [-0.25, -0.2) is 14.4 Å². The van der Waals surface area contributed by atoms with E-state index in [2.05, 4.69) is 5.32 Å². The maximum atomic E-state index is 15.0. The smallest absolute Gasteiger partial charge is 0.410 e. The zero-order chi connectivity index (χ0) is 45.9. The first-order valence-corrected chi connectivity index (χ1v) is 22.2. The lowest BCUT2D eigenvalue weighted by Crippen LogP contribution is -2.70. The van der Waals surface area contributed by atoms with Crippen LogP contribution in [0.3, 0.4) is 0 Å². The summed E-state index contributed by atoms with van der Waals surface area (Å²) in [7, 11) is 1.27. The van der Waals surface area contributed by atoms with Crippen LogP contribution in [-0.4, -0.2) is 78.8 Å². The number of benzene rings is 5. The topological polar surface area (TPSA) is 131 Å². The Balaban J connectivity index is 1.42. The molecule has 0 saturated carbocycles. The van der Waals surface area contributed by atoms with Crippen LogP contribution in [0, 0.1) is 0 Å². The van der Waals surface area contributed by atoms with Gasteiger partial charge >= 0.3 is 18.2 Å². The lowest BCUT2D eigenvalue weighted by Gasteiger charge is -2.52. The fourth-order valence-electron chi connectivity index (χ4n) is 7.88. The Hall–Kier alpha value is -6.05. The summed E-state index contributed by atoms with van der Waals surface area (Å²) in [6, 6.07) is 46.4. The molecule has 1 saturated heterocycles. The molecule has 2 amide bonds. The summed E-state index contributed by atoms with van der Waals surface area (Å²) in [6.45, 7) is 6.25. The molecule has 65 heavy (non-hydrogen) atoms. The van der Waals surface area contributed by atoms with Crippen molar-refractivity contribution in [2.24, 2.45) is 0 Å². The number of nitrogens with one attached hydrogen (secondary N) is 1. The Morgan fingerprint density at radius 3 is 1.43 bits per heavy atom. The number of piperidine rings is 1. The van der Waals surface area contributed by atoms with Crippen LogP contribution >= 0.6 is 0 Å². The molecule has 5 aromatic rings. The van der Waals surface area contributed by atoms with Crippen LogP contribution in [-0.2, 0) is 71.0 Å². The van der Waals surface area contributed by atoms with E-state index >= 15 is 4.79 Å². The number of amides is 2. The van der Waals surface area contributed by atoms with Crippen LogP contribution in [0.4, 0.5) is 9.59 Å². The molecule has 1 heterocycles. The number of hydrogen-bond donors (Lipinski definition) is 1. The van der Waals surface area contributed by atoms with Crippen LogP contribution in [0.25, 0.3) is 0 Å². The van der Waals surface area contributed by atoms with Crippen LogP contribution in [0.15, 0.2) is 152 Å². The minimum absolute atomic E-state index is 0.0176. The molecule has 5 aromatic carbocycles. The third-order valence-electron chi connectivity index (χ3n) is 11.0. The molecule has 1 N–H and O–H groups in total. The molecule has 0 bridgehead atoms. The van der Waals surface area contributed by atoms with Gasteiger partial charge in [0.25, 0.3) is 0 Å². The lowest BCUT2D eigenvalue weighted by molar-refractivity contribution is -0.224. The SMILES string of the molecule is COC(=O)[C@H](CCC[C@H]1[C@H](OCc2ccccc2)[C@@H](OCc2ccccc2)[C@H](OCc2ccccc2)[C@H](COCc2ccccc2)N1C(=O)OCc1ccccc1)NC(=O)OC(C)(C)C. The van der Waals surface area contributed by atoms with E-state index in [1.54, 1.807) is 25.7 Å². The molecule has 0 aliphatic carbocycles. The molecule has 0 spiro atoms. The molecule has 344 valence electrons. The number of alkyl carbamates (subject to hydrolysis) is 1. The largest absolute Gasteiger partial charge is 0.467 e. The van der Waals surface area contributed by atoms with Crippen molar-refractivity contribution in [3.05, 3.63) is 179 Å². The van der Waals surface area contributed by atoms with Crippen LogP contribution in [0.1, 0.15) is 67.9 Å². The highest BCUT2D eigenvalue weighted by Gasteiger charge is 2.53. The predicted octanol–water partition coefficient (Wildman–Crippen LogP) is 9.59. The Morgan fingerprint density at radius 2 is 0.985 bits per heavy atom. The van der Waals surface area contributed by atoms with Gasteiger partial charge in [0.15, 0.2) is 0 Å². The number of hydrogen-bond acceptors (Lipinski definition) is 10. The molecule has 0 unspecified atom stereocenters. The van der Waals surface area contributed by atoms with Gasteiger partial charge in [-0.2, -0.15) is 0 Å². The van der Waals surface area contributed by atoms with Crippen molar-refractivity contribution in [2.75, 3.05) is 13.7 Å². The van der Waals surface area contributed by atoms with Crippen molar-refractivity contribution >= 4 is 18.2 Å². The minimum Gasteiger partial charge on any atom is -0.467 e. The summed E-state index contributed by atoms with van der Waals surface area (Å²) >= 11 is 0. The Labute approximate surface area is 383 Å². The molecule has 6 rings (SSSR count). The van der Waals surface area contributed by atoms with E-state index in [4.69, 9.17) is 33.2 Å². The van der Waals surface area contributed by atoms with E-state index in [1.807, 2.05) is 152 Å². The Bertz CT molecular complexity index is 2160. The third kappa shape index (κ3) is 15.3. The fourth-order valence-corrected chi connectivity index (χ4v) is 7.88. The molecule has 12 nitrogen and oxygen atoms in total. The first kappa shape index (κ1) is 48.4. The molecule has 0 radical (unpaired) electrons. The quantitative estimate of drug-likeness (QED) is 0.0562. The van der Waals surface area contributed by atoms with Crippen molar-refractivity contribution in [3.63, 3.8) is 0 Å². The Morgan fingerprint density at radius 1 is 0.569 bits per heavy atom. The summed E-state index contributed by atoms with van der Waals surface area (Å²) in [5.74, 6) is -0.624. The van der Waals surface area contributed by atoms with E-state index in [0.717, 1.165) is 27.8 Å². The standard InChI is InChI=1S/C53H62N2O10/c1-53(2,3)65-51(57)54-44(50(56)59-4)31-20-32-45-47(61-34-40-23-12-6-13-24-40)49(63-36-42-27-16-8-17-28-42)48(62-35-41-25-14-7-15-26-41)46(38-60-33-39-21-10-5-11-22-39)55(45)52(58)64-37-43-29-18-9-19-30-43/h5-19,21-30,44-49H,20,31-38H2,1-4H3,(H,54,57)/t44-,45-,46-,47-,48+,49+/m0/s1. The van der Waals surface area contributed by atoms with Gasteiger partial charge in [0.05, 0.1) is 52.2 Å². The molecule has 1 fully saturated rings. The van der Waals surface area contributed by atoms with Gasteiger partial charge < -0.3 is 38.5 Å². The van der Waals surface area contributed by atoms with Crippen molar-refractivity contribution in [1.82, 2.24) is 10.2 Å². The number of carbonyl (C=O) groups excluding carboxylic acids is 3. The van der Waals surface area contributed by atoms with E-state index in [1.165, 1.54) is 7.11 Å². The van der Waals surface area contributed by atoms with Crippen LogP contribution < -0.4 is 5.32 Å². The molecular formula is C53H62N2O10. The second-order valence-electron chi connectivity index (χ2n) is 17.0. The number of esters is 1. The number of carbonyl (C=O) groups is 3. The second-order valence-corrected chi connectivity index (χ2v) is 17.0. The van der Waals surface area contributed by atoms with Gasteiger partial charge in [-0.15, -0.1) is 0 Å². The van der Waals surface area contributed by atoms with Gasteiger partial charge in [0.1, 0.15) is 36.6 Å². The number of nitrogens with zero attached hydrogens (tertiary/aromatic N) is 1. The third-order valence-corrected chi connectivity index (χ3v) is 11.0. The number of rotatable bonds is 21. The zero-order valence-corrected chi connectivity index (χ0v) is 37.8. The summed E-state index contributed by atoms with van der Waals surface area (Å²) in [6.07, 6.45) is -2.85. The number of ether oxygens (including phenoxy) is 7. The van der Waals surface area contributed by atoms with E-state index in [-0.39, 0.29) is 46.1 Å². The number of likely N-dealkylation sites (tertiary alicyclic amines) is 1. The fraction of sp³-hybridized carbons (Fsp3) is 0.377. The second kappa shape index (κ2) is 24.9. The number of methoxy groups -OCH3 is 1. The molecule has 12 heteroatoms. The molecule has 6 atom stereocenters. The zero-order valence-electron chi connectivity index (χ0n) is 37.8. The van der Waals surface area contributed by atoms with Gasteiger partial charge in [-0.05, 0) is 67.9 Å². The highest BCUT2D eigenvalue weighted by molar-refractivity contribution is 5.81. The highest BCUT2D eigenvalue weighted by Crippen LogP contribution is 2.36. The van der Waals surface area contributed by atoms with Crippen molar-refractivity contribution in [3.8, 4) is 0 Å². The van der Waals surface area contributed by atoms with E-state index in [0.29, 0.717) is 12.8 Å².